The van der Waals surface area contributed by atoms with E-state index in [4.69, 9.17) is 47.4 Å². The second-order valence-electron chi connectivity index (χ2n) is 25.8. The molecular formula is C63H109N5O31S. The third kappa shape index (κ3) is 23.8. The molecule has 2 unspecified atom stereocenters. The summed E-state index contributed by atoms with van der Waals surface area (Å²) in [4.78, 5) is 56.7. The van der Waals surface area contributed by atoms with E-state index in [1.165, 1.54) is 81.3 Å². The molecular weight excluding hydrogens is 1350 g/mol. The molecule has 5 fully saturated rings. The zero-order valence-electron chi connectivity index (χ0n) is 56.8. The fourth-order valence-electron chi connectivity index (χ4n) is 12.6. The highest BCUT2D eigenvalue weighted by atomic mass is 32.1. The van der Waals surface area contributed by atoms with Crippen molar-refractivity contribution in [3.05, 3.63) is 22.7 Å². The number of ether oxygens (including phenoxy) is 10. The van der Waals surface area contributed by atoms with Gasteiger partial charge in [-0.3, -0.25) is 14.4 Å². The maximum absolute atomic E-state index is 13.6. The lowest BCUT2D eigenvalue weighted by Gasteiger charge is -2.54. The molecule has 6 heterocycles. The molecule has 1 aromatic heterocycles. The molecule has 5 saturated heterocycles. The monoisotopic (exact) mass is 1460 g/mol. The number of carboxylic acids is 1. The molecule has 37 heteroatoms. The number of unbranched alkanes of at least 4 members (excludes halogenated alkanes) is 14. The lowest BCUT2D eigenvalue weighted by molar-refractivity contribution is -0.421. The van der Waals surface area contributed by atoms with E-state index < -0.39 is 241 Å². The Bertz CT molecular complexity index is 2560. The quantitative estimate of drug-likeness (QED) is 0.0271. The molecule has 0 saturated carbocycles. The number of amides is 3. The van der Waals surface area contributed by atoms with Crippen molar-refractivity contribution in [1.29, 1.82) is 0 Å². The predicted molar refractivity (Wildman–Crippen MR) is 343 cm³/mol. The Morgan fingerprint density at radius 2 is 1.12 bits per heavy atom. The fraction of sp³-hybridized carbons (Fsp3) is 0.857. The number of carboxylic acid groups (broad SMARTS) is 1. The summed E-state index contributed by atoms with van der Waals surface area (Å²) in [7, 11) is 0. The third-order valence-corrected chi connectivity index (χ3v) is 18.8. The molecule has 100 heavy (non-hydrogen) atoms. The van der Waals surface area contributed by atoms with Crippen LogP contribution in [0.1, 0.15) is 136 Å². The van der Waals surface area contributed by atoms with Crippen LogP contribution in [0.4, 0.5) is 0 Å². The summed E-state index contributed by atoms with van der Waals surface area (Å²) >= 11 is 1.29. The van der Waals surface area contributed by atoms with E-state index in [-0.39, 0.29) is 12.6 Å². The number of aliphatic hydroxyl groups excluding tert-OH is 16. The van der Waals surface area contributed by atoms with Crippen LogP contribution < -0.4 is 27.2 Å². The molecule has 6 rings (SSSR count). The molecule has 5 aliphatic rings. The van der Waals surface area contributed by atoms with Gasteiger partial charge in [0.2, 0.25) is 23.5 Å². The van der Waals surface area contributed by atoms with Gasteiger partial charge in [0, 0.05) is 32.1 Å². The van der Waals surface area contributed by atoms with E-state index in [1.54, 1.807) is 10.9 Å². The number of rotatable bonds is 41. The van der Waals surface area contributed by atoms with E-state index in [9.17, 15) is 106 Å². The van der Waals surface area contributed by atoms with Crippen molar-refractivity contribution in [1.82, 2.24) is 27.1 Å². The number of hydrogen-bond acceptors (Lipinski definition) is 33. The first-order valence-corrected chi connectivity index (χ1v) is 34.9. The topological polar surface area (TPSA) is 593 Å². The molecule has 0 bridgehead atoms. The fourth-order valence-corrected chi connectivity index (χ4v) is 13.2. The van der Waals surface area contributed by atoms with E-state index >= 15 is 0 Å². The molecule has 578 valence electrons. The van der Waals surface area contributed by atoms with E-state index in [1.807, 2.05) is 0 Å². The minimum atomic E-state index is -3.50. The molecule has 0 radical (unpaired) electrons. The number of aromatic nitrogens is 1. The van der Waals surface area contributed by atoms with Crippen LogP contribution in [0.2, 0.25) is 0 Å². The zero-order chi connectivity index (χ0) is 72.7. The molecule has 3 amide bonds. The van der Waals surface area contributed by atoms with Gasteiger partial charge < -0.3 is 161 Å². The van der Waals surface area contributed by atoms with Gasteiger partial charge in [-0.05, 0) is 12.5 Å². The van der Waals surface area contributed by atoms with Gasteiger partial charge in [0.05, 0.1) is 75.1 Å². The van der Waals surface area contributed by atoms with Crippen LogP contribution in [0, 0.1) is 0 Å². The Morgan fingerprint density at radius 3 is 1.67 bits per heavy atom. The number of carbonyl (C=O) groups excluding carboxylic acids is 4. The van der Waals surface area contributed by atoms with Gasteiger partial charge in [-0.2, -0.15) is 0 Å². The summed E-state index contributed by atoms with van der Waals surface area (Å²) in [6.07, 6.45) is -31.5. The Morgan fingerprint density at radius 1 is 0.620 bits per heavy atom. The van der Waals surface area contributed by atoms with Gasteiger partial charge in [-0.15, -0.1) is 11.3 Å². The SMILES string of the molecule is CCCCCCCCCCCCCCCCCC(=O)N[C@@H](CO[C@@H]1O[C@H](CO)[C@@H](O[C@@H]2O[C@H](CO)[C@H](O[C@@H]3O[C@H](CO)[C@H](O)[C@H](O[C@@H]4O[C@H](CO)[C@H](O)[C@H](O)[C@H]4O)[C@H]3NC(C)=O)[C@H](O[C@]3(C(=O)[O-])C[C@H](O)C(NC(C)=O)C([C@H](O)[C@H](O)CO)O3)[C@H]2O)[C@H](O)[C@H]1O)[C@H](O)/C=C/c1cscn1.[NH4+]. The van der Waals surface area contributed by atoms with Crippen molar-refractivity contribution in [2.45, 2.75) is 301 Å². The summed E-state index contributed by atoms with van der Waals surface area (Å²) < 4.78 is 59.4. The van der Waals surface area contributed by atoms with Crippen LogP contribution >= 0.6 is 11.3 Å². The van der Waals surface area contributed by atoms with Crippen LogP contribution in [0.25, 0.3) is 6.08 Å². The minimum Gasteiger partial charge on any atom is -0.544 e. The van der Waals surface area contributed by atoms with Crippen LogP contribution in [0.3, 0.4) is 0 Å². The highest BCUT2D eigenvalue weighted by molar-refractivity contribution is 7.07. The molecule has 28 atom stereocenters. The maximum Gasteiger partial charge on any atom is 0.220 e. The average molecular weight is 1460 g/mol. The Balaban J connectivity index is 0.0000180. The number of nitrogens with one attached hydrogen (secondary N) is 3. The van der Waals surface area contributed by atoms with Gasteiger partial charge in [-0.25, -0.2) is 4.98 Å². The van der Waals surface area contributed by atoms with Crippen molar-refractivity contribution in [3.63, 3.8) is 0 Å². The summed E-state index contributed by atoms with van der Waals surface area (Å²) in [5.74, 6) is -8.17. The maximum atomic E-state index is 13.6. The highest BCUT2D eigenvalue weighted by Gasteiger charge is 2.60. The molecule has 0 aromatic carbocycles. The zero-order valence-corrected chi connectivity index (χ0v) is 57.6. The van der Waals surface area contributed by atoms with E-state index in [2.05, 4.69) is 27.9 Å². The number of hydrogen-bond donors (Lipinski definition) is 20. The Kier molecular flexibility index (Phi) is 37.3. The van der Waals surface area contributed by atoms with E-state index in [0.29, 0.717) is 12.1 Å². The van der Waals surface area contributed by atoms with Crippen molar-refractivity contribution in [2.75, 3.05) is 39.6 Å². The van der Waals surface area contributed by atoms with Gasteiger partial charge in [0.15, 0.2) is 25.2 Å². The molecule has 0 spiro atoms. The largest absolute Gasteiger partial charge is 0.544 e. The number of aliphatic carboxylic acids is 1. The number of thiazole rings is 1. The van der Waals surface area contributed by atoms with Crippen molar-refractivity contribution >= 4 is 41.1 Å². The van der Waals surface area contributed by atoms with Gasteiger partial charge in [0.25, 0.3) is 0 Å². The van der Waals surface area contributed by atoms with Crippen molar-refractivity contribution in [3.8, 4) is 0 Å². The van der Waals surface area contributed by atoms with Crippen molar-refractivity contribution < 1.29 is 153 Å². The lowest BCUT2D eigenvalue weighted by atomic mass is 9.88. The molecule has 36 nitrogen and oxygen atoms in total. The Hall–Kier alpha value is -3.83. The first-order chi connectivity index (χ1) is 47.3. The summed E-state index contributed by atoms with van der Waals surface area (Å²) in [6, 6.07) is -4.93. The molecule has 23 N–H and O–H groups in total. The molecule has 0 aliphatic carbocycles. The van der Waals surface area contributed by atoms with Crippen LogP contribution in [-0.2, 0) is 66.5 Å². The number of nitrogens with zero attached hydrogens (tertiary/aromatic N) is 1. The van der Waals surface area contributed by atoms with Gasteiger partial charge >= 0.3 is 0 Å². The lowest BCUT2D eigenvalue weighted by Crippen LogP contribution is -2.73. The highest BCUT2D eigenvalue weighted by Crippen LogP contribution is 2.41. The smallest absolute Gasteiger partial charge is 0.220 e. The summed E-state index contributed by atoms with van der Waals surface area (Å²) in [5, 5.41) is 200. The minimum absolute atomic E-state index is 0. The van der Waals surface area contributed by atoms with Gasteiger partial charge in [0.1, 0.15) is 122 Å². The first kappa shape index (κ1) is 86.8. The van der Waals surface area contributed by atoms with Crippen LogP contribution in [-0.4, -0.2) is 321 Å². The van der Waals surface area contributed by atoms with Gasteiger partial charge in [-0.1, -0.05) is 103 Å². The Labute approximate surface area is 583 Å². The van der Waals surface area contributed by atoms with Crippen LogP contribution in [0.5, 0.6) is 0 Å². The average Bonchev–Trinajstić information content (AvgIpc) is 0.834. The third-order valence-electron chi connectivity index (χ3n) is 18.2. The normalized spacial score (nSPS) is 36.0. The number of carbonyl (C=O) groups is 4. The van der Waals surface area contributed by atoms with Crippen LogP contribution in [0.15, 0.2) is 17.0 Å². The molecule has 1 aromatic rings. The molecule has 5 aliphatic heterocycles. The van der Waals surface area contributed by atoms with Crippen molar-refractivity contribution in [2.24, 2.45) is 0 Å². The standard InChI is InChI=1S/C63H106N4O31S.H3N/c1-4-5-6-7-8-9-10-11-12-13-14-15-16-17-18-19-42(78)67-34(35(75)21-20-33-29-99-30-64-33)28-89-59-51(85)49(83)53(40(26-71)92-59)94-61-52(86)57(98-63(62(87)88)22-36(76)43(65-31(2)73)56(97-63)45(79)37(77)23-68)54(41(27-72)93-61)95-58-44(66-32(3)74)55(47(81)39(25-70)90-58)96-60-50(84)48(82)46(80)38(24-69)91-60;/h20-21,29-30,34-41,43-61,68-72,75-77,79-86H,4-19,22-28H2,1-3H3,(H,65,73)(H,66,74)(H,67,78)(H,87,88);1H3/b21-20+;/t34-,35+,36-,37+,38+,39+,40+,41+,43?,44+,45+,46-,47-,48-,49+,50+,51+,52+,53+,54-,55+,56?,57+,58-,59+,60-,61-,63-;/m0./s1. The summed E-state index contributed by atoms with van der Waals surface area (Å²) in [6.45, 7) is -2.08. The first-order valence-electron chi connectivity index (χ1n) is 34.0. The number of quaternary nitrogens is 1. The second kappa shape index (κ2) is 43.0. The van der Waals surface area contributed by atoms with E-state index in [0.717, 1.165) is 46.0 Å². The summed E-state index contributed by atoms with van der Waals surface area (Å²) in [5.41, 5.74) is 2.06. The second-order valence-corrected chi connectivity index (χ2v) is 26.5. The predicted octanol–water partition coefficient (Wildman–Crippen LogP) is -6.09. The number of aliphatic hydroxyl groups is 16.